The third-order valence-corrected chi connectivity index (χ3v) is 3.39. The third kappa shape index (κ3) is 2.93. The summed E-state index contributed by atoms with van der Waals surface area (Å²) in [4.78, 5) is 11.7. The second-order valence-electron chi connectivity index (χ2n) is 4.73. The maximum Gasteiger partial charge on any atom is 0.164 e. The van der Waals surface area contributed by atoms with Gasteiger partial charge in [-0.3, -0.25) is 4.79 Å². The van der Waals surface area contributed by atoms with Crippen LogP contribution in [0.2, 0.25) is 0 Å². The number of Topliss-reactive ketones (excluding diaryl/α,β-unsaturated/α-hetero) is 1. The molecule has 1 aliphatic carbocycles. The predicted molar refractivity (Wildman–Crippen MR) is 67.1 cm³/mol. The molecule has 3 heteroatoms. The second-order valence-corrected chi connectivity index (χ2v) is 4.73. The zero-order valence-electron chi connectivity index (χ0n) is 10.2. The van der Waals surface area contributed by atoms with Crippen LogP contribution >= 0.6 is 0 Å². The number of ketones is 1. The van der Waals surface area contributed by atoms with Crippen LogP contribution in [-0.2, 0) is 11.2 Å². The average molecular weight is 233 g/mol. The quantitative estimate of drug-likeness (QED) is 0.764. The largest absolute Gasteiger partial charge is 0.378 e. The van der Waals surface area contributed by atoms with E-state index in [2.05, 4.69) is 6.07 Å². The minimum atomic E-state index is 0.0372. The summed E-state index contributed by atoms with van der Waals surface area (Å²) in [7, 11) is 1.76. The minimum absolute atomic E-state index is 0.0372. The molecule has 17 heavy (non-hydrogen) atoms. The van der Waals surface area contributed by atoms with Crippen LogP contribution in [0, 0.1) is 0 Å². The highest BCUT2D eigenvalue weighted by atomic mass is 16.5. The van der Waals surface area contributed by atoms with Crippen molar-refractivity contribution in [2.75, 3.05) is 13.7 Å². The summed E-state index contributed by atoms with van der Waals surface area (Å²) < 4.78 is 5.50. The van der Waals surface area contributed by atoms with Crippen molar-refractivity contribution in [1.29, 1.82) is 0 Å². The van der Waals surface area contributed by atoms with E-state index in [1.807, 2.05) is 18.2 Å². The monoisotopic (exact) mass is 233 g/mol. The number of benzene rings is 1. The Morgan fingerprint density at radius 2 is 2.24 bits per heavy atom. The van der Waals surface area contributed by atoms with Crippen LogP contribution in [0.5, 0.6) is 0 Å². The molecule has 0 heterocycles. The zero-order valence-corrected chi connectivity index (χ0v) is 10.2. The van der Waals surface area contributed by atoms with Gasteiger partial charge in [0.15, 0.2) is 5.78 Å². The van der Waals surface area contributed by atoms with Gasteiger partial charge >= 0.3 is 0 Å². The molecule has 0 radical (unpaired) electrons. The number of nitrogens with two attached hydrogens (primary N) is 1. The maximum absolute atomic E-state index is 11.7. The third-order valence-electron chi connectivity index (χ3n) is 3.39. The topological polar surface area (TPSA) is 52.3 Å². The summed E-state index contributed by atoms with van der Waals surface area (Å²) in [6, 6.07) is 7.81. The van der Waals surface area contributed by atoms with E-state index < -0.39 is 0 Å². The number of hydrogen-bond acceptors (Lipinski definition) is 3. The van der Waals surface area contributed by atoms with Crippen molar-refractivity contribution in [3.63, 3.8) is 0 Å². The molecule has 92 valence electrons. The molecular formula is C14H19NO2. The van der Waals surface area contributed by atoms with E-state index in [1.54, 1.807) is 7.11 Å². The minimum Gasteiger partial charge on any atom is -0.378 e. The van der Waals surface area contributed by atoms with Crippen molar-refractivity contribution in [3.8, 4) is 0 Å². The molecule has 0 amide bonds. The van der Waals surface area contributed by atoms with Crippen molar-refractivity contribution in [2.45, 2.75) is 31.3 Å². The first-order valence-corrected chi connectivity index (χ1v) is 6.06. The molecule has 1 fully saturated rings. The van der Waals surface area contributed by atoms with Crippen molar-refractivity contribution < 1.29 is 9.53 Å². The fourth-order valence-corrected chi connectivity index (χ4v) is 2.09. The molecule has 2 N–H and O–H groups in total. The normalized spacial score (nSPS) is 16.8. The number of ether oxygens (including phenoxy) is 1. The Kier molecular flexibility index (Phi) is 3.60. The molecule has 0 aliphatic heterocycles. The lowest BCUT2D eigenvalue weighted by molar-refractivity contribution is 0.0806. The molecule has 1 aromatic carbocycles. The summed E-state index contributed by atoms with van der Waals surface area (Å²) in [5.41, 5.74) is 7.37. The molecule has 3 nitrogen and oxygen atoms in total. The van der Waals surface area contributed by atoms with Gasteiger partial charge in [0.1, 0.15) is 0 Å². The number of hydrogen-bond donors (Lipinski definition) is 1. The van der Waals surface area contributed by atoms with Crippen LogP contribution in [-0.4, -0.2) is 25.0 Å². The van der Waals surface area contributed by atoms with E-state index >= 15 is 0 Å². The van der Waals surface area contributed by atoms with Gasteiger partial charge in [0, 0.05) is 25.5 Å². The molecule has 0 unspecified atom stereocenters. The lowest BCUT2D eigenvalue weighted by Gasteiger charge is -2.13. The number of rotatable bonds is 6. The van der Waals surface area contributed by atoms with Crippen LogP contribution in [0.3, 0.4) is 0 Å². The van der Waals surface area contributed by atoms with Gasteiger partial charge in [-0.2, -0.15) is 0 Å². The predicted octanol–water partition coefficient (Wildman–Crippen LogP) is 1.94. The molecule has 0 aromatic heterocycles. The van der Waals surface area contributed by atoms with Gasteiger partial charge in [0.2, 0.25) is 0 Å². The Bertz CT molecular complexity index is 410. The molecule has 1 saturated carbocycles. The van der Waals surface area contributed by atoms with Crippen LogP contribution in [0.1, 0.15) is 35.2 Å². The number of carbonyl (C=O) groups excluding carboxylic acids is 1. The average Bonchev–Trinajstić information content (AvgIpc) is 3.10. The van der Waals surface area contributed by atoms with E-state index in [0.29, 0.717) is 13.0 Å². The smallest absolute Gasteiger partial charge is 0.164 e. The molecule has 1 aromatic rings. The summed E-state index contributed by atoms with van der Waals surface area (Å²) in [5, 5.41) is 0. The number of methoxy groups -OCH3 is 1. The fraction of sp³-hybridized carbons (Fsp3) is 0.500. The van der Waals surface area contributed by atoms with Gasteiger partial charge < -0.3 is 10.5 Å². The highest BCUT2D eigenvalue weighted by Gasteiger charge is 2.42. The maximum atomic E-state index is 11.7. The molecule has 0 spiro atoms. The summed E-state index contributed by atoms with van der Waals surface area (Å²) in [5.74, 6) is 0.122. The highest BCUT2D eigenvalue weighted by Crippen LogP contribution is 2.41. The summed E-state index contributed by atoms with van der Waals surface area (Å²) in [6.45, 7) is 0.408. The van der Waals surface area contributed by atoms with E-state index in [1.165, 1.54) is 5.56 Å². The molecule has 1 aliphatic rings. The van der Waals surface area contributed by atoms with Crippen LogP contribution in [0.25, 0.3) is 0 Å². The molecule has 2 rings (SSSR count). The molecular weight excluding hydrogens is 214 g/mol. The molecule has 0 saturated heterocycles. The first-order chi connectivity index (χ1) is 8.19. The van der Waals surface area contributed by atoms with E-state index in [-0.39, 0.29) is 11.4 Å². The summed E-state index contributed by atoms with van der Waals surface area (Å²) in [6.07, 6.45) is 3.54. The first-order valence-electron chi connectivity index (χ1n) is 6.06. The van der Waals surface area contributed by atoms with E-state index in [0.717, 1.165) is 24.8 Å². The Balaban J connectivity index is 2.09. The first kappa shape index (κ1) is 12.3. The van der Waals surface area contributed by atoms with Crippen molar-refractivity contribution in [2.24, 2.45) is 5.73 Å². The number of carbonyl (C=O) groups is 1. The lowest BCUT2D eigenvalue weighted by Crippen LogP contribution is -2.15. The van der Waals surface area contributed by atoms with Crippen LogP contribution < -0.4 is 5.73 Å². The van der Waals surface area contributed by atoms with Gasteiger partial charge in [-0.15, -0.1) is 0 Å². The van der Waals surface area contributed by atoms with E-state index in [4.69, 9.17) is 10.5 Å². The fourth-order valence-electron chi connectivity index (χ4n) is 2.09. The Hall–Kier alpha value is -1.19. The van der Waals surface area contributed by atoms with Gasteiger partial charge in [0.25, 0.3) is 0 Å². The molecule has 0 bridgehead atoms. The van der Waals surface area contributed by atoms with Crippen molar-refractivity contribution in [3.05, 3.63) is 35.4 Å². The molecule has 0 atom stereocenters. The summed E-state index contributed by atoms with van der Waals surface area (Å²) >= 11 is 0. The van der Waals surface area contributed by atoms with Gasteiger partial charge in [-0.1, -0.05) is 18.2 Å². The Labute approximate surface area is 102 Å². The van der Waals surface area contributed by atoms with E-state index in [9.17, 15) is 4.79 Å². The lowest BCUT2D eigenvalue weighted by atomic mass is 10.0. The SMILES string of the molecule is COC1(Cc2cccc(C(=O)CCN)c2)CC1. The second kappa shape index (κ2) is 4.98. The standard InChI is InChI=1S/C14H19NO2/c1-17-14(6-7-14)10-11-3-2-4-12(9-11)13(16)5-8-15/h2-4,9H,5-8,10,15H2,1H3. The van der Waals surface area contributed by atoms with Crippen LogP contribution in [0.15, 0.2) is 24.3 Å². The van der Waals surface area contributed by atoms with Crippen molar-refractivity contribution >= 4 is 5.78 Å². The van der Waals surface area contributed by atoms with Gasteiger partial charge in [0.05, 0.1) is 5.60 Å². The van der Waals surface area contributed by atoms with Crippen LogP contribution in [0.4, 0.5) is 0 Å². The Morgan fingerprint density at radius 1 is 1.47 bits per heavy atom. The van der Waals surface area contributed by atoms with Gasteiger partial charge in [-0.05, 0) is 31.0 Å². The van der Waals surface area contributed by atoms with Gasteiger partial charge in [-0.25, -0.2) is 0 Å². The zero-order chi connectivity index (χ0) is 12.3. The highest BCUT2D eigenvalue weighted by molar-refractivity contribution is 5.96. The Morgan fingerprint density at radius 3 is 2.82 bits per heavy atom. The van der Waals surface area contributed by atoms with Crippen molar-refractivity contribution in [1.82, 2.24) is 0 Å².